The molecule has 10 heteroatoms. The Balaban J connectivity index is 1.46. The third-order valence-electron chi connectivity index (χ3n) is 5.55. The smallest absolute Gasteiger partial charge is 0.322 e. The Morgan fingerprint density at radius 1 is 1.07 bits per heavy atom. The number of carbonyl (C=O) groups excluding carboxylic acids is 1. The molecule has 2 aliphatic rings. The molecule has 1 aliphatic heterocycles. The molecule has 2 heterocycles. The fraction of sp³-hybridized carbons (Fsp3) is 0.526. The summed E-state index contributed by atoms with van der Waals surface area (Å²) in [6.07, 6.45) is 6.53. The summed E-state index contributed by atoms with van der Waals surface area (Å²) in [5.41, 5.74) is 0. The number of amides is 1. The zero-order valence-electron chi connectivity index (χ0n) is 15.9. The van der Waals surface area contributed by atoms with Gasteiger partial charge in [-0.15, -0.1) is 5.10 Å². The number of nitrogens with one attached hydrogen (secondary N) is 1. The van der Waals surface area contributed by atoms with E-state index in [1.54, 1.807) is 0 Å². The van der Waals surface area contributed by atoms with Crippen LogP contribution in [-0.2, 0) is 14.8 Å². The van der Waals surface area contributed by atoms with E-state index in [1.807, 2.05) is 0 Å². The maximum Gasteiger partial charge on any atom is 0.322 e. The van der Waals surface area contributed by atoms with Crippen molar-refractivity contribution in [1.29, 1.82) is 0 Å². The number of halogens is 1. The number of hydrogen-bond acceptors (Lipinski definition) is 6. The molecule has 0 spiro atoms. The zero-order chi connectivity index (χ0) is 20.4. The molecule has 1 N–H and O–H groups in total. The molecule has 2 fully saturated rings. The lowest BCUT2D eigenvalue weighted by Crippen LogP contribution is -2.43. The van der Waals surface area contributed by atoms with E-state index in [4.69, 9.17) is 16.0 Å². The molecule has 156 valence electrons. The summed E-state index contributed by atoms with van der Waals surface area (Å²) in [6, 6.07) is 5.13. The van der Waals surface area contributed by atoms with Crippen molar-refractivity contribution in [2.45, 2.75) is 61.8 Å². The maximum absolute atomic E-state index is 13.0. The van der Waals surface area contributed by atoms with Crippen LogP contribution >= 0.6 is 11.6 Å². The lowest BCUT2D eigenvalue weighted by atomic mass is 9.89. The maximum atomic E-state index is 13.0. The first-order valence-corrected chi connectivity index (χ1v) is 11.7. The molecule has 0 bridgehead atoms. The van der Waals surface area contributed by atoms with Crippen molar-refractivity contribution in [3.63, 3.8) is 0 Å². The summed E-state index contributed by atoms with van der Waals surface area (Å²) in [4.78, 5) is 12.9. The number of anilines is 1. The van der Waals surface area contributed by atoms with Crippen LogP contribution in [0.2, 0.25) is 5.02 Å². The zero-order valence-corrected chi connectivity index (χ0v) is 17.5. The second-order valence-electron chi connectivity index (χ2n) is 7.50. The van der Waals surface area contributed by atoms with Crippen LogP contribution < -0.4 is 5.32 Å². The first-order chi connectivity index (χ1) is 13.9. The van der Waals surface area contributed by atoms with Gasteiger partial charge in [0.1, 0.15) is 6.04 Å². The number of sulfonamides is 1. The molecule has 29 heavy (non-hydrogen) atoms. The van der Waals surface area contributed by atoms with Gasteiger partial charge in [-0.3, -0.25) is 10.1 Å². The van der Waals surface area contributed by atoms with Crippen LogP contribution in [0.4, 0.5) is 6.01 Å². The third-order valence-corrected chi connectivity index (χ3v) is 7.73. The Bertz CT molecular complexity index is 970. The van der Waals surface area contributed by atoms with Crippen molar-refractivity contribution in [3.8, 4) is 0 Å². The highest BCUT2D eigenvalue weighted by Crippen LogP contribution is 2.32. The molecule has 8 nitrogen and oxygen atoms in total. The first-order valence-electron chi connectivity index (χ1n) is 9.87. The van der Waals surface area contributed by atoms with Gasteiger partial charge >= 0.3 is 6.01 Å². The summed E-state index contributed by atoms with van der Waals surface area (Å²) < 4.78 is 32.8. The van der Waals surface area contributed by atoms with Gasteiger partial charge in [0.05, 0.1) is 4.90 Å². The van der Waals surface area contributed by atoms with Crippen LogP contribution in [0.25, 0.3) is 0 Å². The van der Waals surface area contributed by atoms with Crippen molar-refractivity contribution < 1.29 is 17.6 Å². The average Bonchev–Trinajstić information content (AvgIpc) is 3.39. The second-order valence-corrected chi connectivity index (χ2v) is 9.82. The van der Waals surface area contributed by atoms with Gasteiger partial charge in [0.2, 0.25) is 21.8 Å². The van der Waals surface area contributed by atoms with Crippen LogP contribution in [0.15, 0.2) is 33.6 Å². The fourth-order valence-corrected chi connectivity index (χ4v) is 5.80. The minimum atomic E-state index is -3.81. The van der Waals surface area contributed by atoms with E-state index in [9.17, 15) is 13.2 Å². The molecule has 4 rings (SSSR count). The van der Waals surface area contributed by atoms with Gasteiger partial charge in [-0.05, 0) is 49.9 Å². The fourth-order valence-electron chi connectivity index (χ4n) is 4.02. The highest BCUT2D eigenvalue weighted by atomic mass is 35.5. The van der Waals surface area contributed by atoms with Crippen LogP contribution in [0.1, 0.15) is 56.8 Å². The van der Waals surface area contributed by atoms with Gasteiger partial charge in [-0.2, -0.15) is 4.31 Å². The summed E-state index contributed by atoms with van der Waals surface area (Å²) in [6.45, 7) is 0.278. The number of hydrogen-bond donors (Lipinski definition) is 1. The quantitative estimate of drug-likeness (QED) is 0.765. The second kappa shape index (κ2) is 8.41. The molecule has 1 unspecified atom stereocenters. The lowest BCUT2D eigenvalue weighted by Gasteiger charge is -2.22. The monoisotopic (exact) mass is 438 g/mol. The minimum absolute atomic E-state index is 0.0197. The van der Waals surface area contributed by atoms with E-state index in [1.165, 1.54) is 35.0 Å². The van der Waals surface area contributed by atoms with Gasteiger partial charge in [0.15, 0.2) is 0 Å². The molecule has 1 amide bonds. The largest absolute Gasteiger partial charge is 0.408 e. The Hall–Kier alpha value is -1.97. The predicted molar refractivity (Wildman–Crippen MR) is 107 cm³/mol. The minimum Gasteiger partial charge on any atom is -0.408 e. The van der Waals surface area contributed by atoms with Crippen LogP contribution in [0, 0.1) is 0 Å². The van der Waals surface area contributed by atoms with Gasteiger partial charge < -0.3 is 4.42 Å². The van der Waals surface area contributed by atoms with Crippen molar-refractivity contribution in [3.05, 3.63) is 35.2 Å². The van der Waals surface area contributed by atoms with Crippen molar-refractivity contribution in [2.75, 3.05) is 11.9 Å². The van der Waals surface area contributed by atoms with E-state index in [-0.39, 0.29) is 23.4 Å². The molecule has 1 aromatic carbocycles. The number of benzene rings is 1. The van der Waals surface area contributed by atoms with Crippen LogP contribution in [0.5, 0.6) is 0 Å². The topological polar surface area (TPSA) is 105 Å². The average molecular weight is 439 g/mol. The molecule has 1 saturated carbocycles. The van der Waals surface area contributed by atoms with Crippen LogP contribution in [-0.4, -0.2) is 41.4 Å². The van der Waals surface area contributed by atoms with E-state index in [0.717, 1.165) is 25.7 Å². The lowest BCUT2D eigenvalue weighted by molar-refractivity contribution is -0.119. The van der Waals surface area contributed by atoms with Gasteiger partial charge in [-0.1, -0.05) is 36.0 Å². The molecular weight excluding hydrogens is 416 g/mol. The van der Waals surface area contributed by atoms with E-state index in [2.05, 4.69) is 15.5 Å². The highest BCUT2D eigenvalue weighted by Gasteiger charge is 2.40. The summed E-state index contributed by atoms with van der Waals surface area (Å²) in [5.74, 6) is 0.311. The van der Waals surface area contributed by atoms with Crippen molar-refractivity contribution in [2.24, 2.45) is 0 Å². The van der Waals surface area contributed by atoms with Crippen LogP contribution in [0.3, 0.4) is 0 Å². The normalized spacial score (nSPS) is 21.3. The molecule has 0 radical (unpaired) electrons. The summed E-state index contributed by atoms with van der Waals surface area (Å²) in [5, 5.41) is 11.0. The summed E-state index contributed by atoms with van der Waals surface area (Å²) >= 11 is 5.85. The molecule has 1 aromatic heterocycles. The number of aromatic nitrogens is 2. The predicted octanol–water partition coefficient (Wildman–Crippen LogP) is 3.56. The first kappa shape index (κ1) is 20.3. The number of nitrogens with zero attached hydrogens (tertiary/aromatic N) is 3. The molecule has 2 aromatic rings. The van der Waals surface area contributed by atoms with Crippen molar-refractivity contribution >= 4 is 33.5 Å². The van der Waals surface area contributed by atoms with Crippen molar-refractivity contribution in [1.82, 2.24) is 14.5 Å². The number of carbonyl (C=O) groups is 1. The Kier molecular flexibility index (Phi) is 5.89. The Morgan fingerprint density at radius 3 is 2.52 bits per heavy atom. The number of rotatable bonds is 5. The SMILES string of the molecule is O=C(Nc1nnc(C2CCCCC2)o1)C1CCCN1S(=O)(=O)c1ccc(Cl)cc1. The third kappa shape index (κ3) is 4.31. The standard InChI is InChI=1S/C19H23ClN4O4S/c20-14-8-10-15(11-9-14)29(26,27)24-12-4-7-16(24)17(25)21-19-23-22-18(28-19)13-5-2-1-3-6-13/h8-11,13,16H,1-7,12H2,(H,21,23,25). The molecule has 1 saturated heterocycles. The van der Waals surface area contributed by atoms with Gasteiger partial charge in [0.25, 0.3) is 0 Å². The van der Waals surface area contributed by atoms with E-state index >= 15 is 0 Å². The Morgan fingerprint density at radius 2 is 1.79 bits per heavy atom. The van der Waals surface area contributed by atoms with Gasteiger partial charge in [0, 0.05) is 17.5 Å². The van der Waals surface area contributed by atoms with Gasteiger partial charge in [-0.25, -0.2) is 8.42 Å². The summed E-state index contributed by atoms with van der Waals surface area (Å²) in [7, 11) is -3.81. The molecule has 1 atom stereocenters. The highest BCUT2D eigenvalue weighted by molar-refractivity contribution is 7.89. The molecule has 1 aliphatic carbocycles. The molecular formula is C19H23ClN4O4S. The van der Waals surface area contributed by atoms with E-state index in [0.29, 0.717) is 23.8 Å². The van der Waals surface area contributed by atoms with E-state index < -0.39 is 22.0 Å². The Labute approximate surface area is 174 Å².